The maximum Gasteiger partial charge on any atom is 0.245 e. The van der Waals surface area contributed by atoms with Crippen LogP contribution in [0.3, 0.4) is 0 Å². The quantitative estimate of drug-likeness (QED) is 0.875. The van der Waals surface area contributed by atoms with Crippen LogP contribution in [0, 0.1) is 13.8 Å². The fourth-order valence-electron chi connectivity index (χ4n) is 2.53. The molecule has 2 N–H and O–H groups in total. The van der Waals surface area contributed by atoms with Crippen molar-refractivity contribution in [3.63, 3.8) is 0 Å². The molecule has 1 fully saturated rings. The van der Waals surface area contributed by atoms with Gasteiger partial charge in [-0.2, -0.15) is 4.98 Å². The molecule has 0 spiro atoms. The summed E-state index contributed by atoms with van der Waals surface area (Å²) >= 11 is 0. The lowest BCUT2D eigenvalue weighted by Gasteiger charge is -2.30. The largest absolute Gasteiger partial charge is 0.337 e. The van der Waals surface area contributed by atoms with Gasteiger partial charge in [-0.15, -0.1) is 5.10 Å². The first-order valence-electron chi connectivity index (χ1n) is 7.12. The summed E-state index contributed by atoms with van der Waals surface area (Å²) in [7, 11) is 0. The van der Waals surface area contributed by atoms with Crippen molar-refractivity contribution in [1.82, 2.24) is 20.5 Å². The van der Waals surface area contributed by atoms with Gasteiger partial charge in [-0.3, -0.25) is 5.10 Å². The van der Waals surface area contributed by atoms with E-state index in [1.54, 1.807) is 0 Å². The normalized spacial score (nSPS) is 19.4. The Balaban J connectivity index is 1.84. The van der Waals surface area contributed by atoms with Gasteiger partial charge in [-0.1, -0.05) is 12.1 Å². The fourth-order valence-corrected chi connectivity index (χ4v) is 2.53. The Morgan fingerprint density at radius 1 is 1.25 bits per heavy atom. The van der Waals surface area contributed by atoms with Crippen molar-refractivity contribution in [1.29, 1.82) is 0 Å². The van der Waals surface area contributed by atoms with Crippen LogP contribution in [0.2, 0.25) is 0 Å². The number of aryl methyl sites for hydroxylation is 2. The first-order chi connectivity index (χ1) is 9.63. The highest BCUT2D eigenvalue weighted by atomic mass is 15.4. The topological polar surface area (TPSA) is 56.8 Å². The van der Waals surface area contributed by atoms with Gasteiger partial charge in [-0.05, 0) is 38.0 Å². The Kier molecular flexibility index (Phi) is 3.44. The Labute approximate surface area is 119 Å². The number of nitrogens with zero attached hydrogens (tertiary/aromatic N) is 3. The minimum atomic E-state index is 0.479. The maximum atomic E-state index is 4.64. The molecular weight excluding hydrogens is 250 g/mol. The van der Waals surface area contributed by atoms with Crippen molar-refractivity contribution < 1.29 is 0 Å². The molecule has 1 aromatic heterocycles. The summed E-state index contributed by atoms with van der Waals surface area (Å²) in [6, 6.07) is 6.85. The fraction of sp³-hybridized carbons (Fsp3) is 0.467. The van der Waals surface area contributed by atoms with E-state index in [4.69, 9.17) is 0 Å². The first kappa shape index (κ1) is 13.1. The van der Waals surface area contributed by atoms with Crippen LogP contribution in [0.15, 0.2) is 18.2 Å². The number of rotatable bonds is 2. The van der Waals surface area contributed by atoms with Gasteiger partial charge in [0.2, 0.25) is 5.95 Å². The second-order valence-corrected chi connectivity index (χ2v) is 5.58. The molecule has 1 aromatic carbocycles. The molecule has 2 aromatic rings. The molecule has 106 valence electrons. The van der Waals surface area contributed by atoms with Gasteiger partial charge in [-0.25, -0.2) is 0 Å². The maximum absolute atomic E-state index is 4.64. The Hall–Kier alpha value is -1.88. The van der Waals surface area contributed by atoms with Gasteiger partial charge < -0.3 is 10.2 Å². The molecule has 0 bridgehead atoms. The van der Waals surface area contributed by atoms with Crippen LogP contribution in [-0.2, 0) is 0 Å². The number of anilines is 1. The Bertz CT molecular complexity index is 604. The van der Waals surface area contributed by atoms with E-state index in [0.717, 1.165) is 37.0 Å². The van der Waals surface area contributed by atoms with E-state index in [9.17, 15) is 0 Å². The van der Waals surface area contributed by atoms with Crippen molar-refractivity contribution in [2.75, 3.05) is 24.5 Å². The molecule has 1 aliphatic rings. The van der Waals surface area contributed by atoms with Gasteiger partial charge >= 0.3 is 0 Å². The molecule has 0 aliphatic carbocycles. The van der Waals surface area contributed by atoms with Gasteiger partial charge in [0, 0.05) is 31.2 Å². The predicted octanol–water partition coefficient (Wildman–Crippen LogP) is 1.89. The van der Waals surface area contributed by atoms with E-state index >= 15 is 0 Å². The second kappa shape index (κ2) is 5.25. The van der Waals surface area contributed by atoms with Gasteiger partial charge in [0.1, 0.15) is 0 Å². The summed E-state index contributed by atoms with van der Waals surface area (Å²) in [5.74, 6) is 1.64. The monoisotopic (exact) mass is 271 g/mol. The van der Waals surface area contributed by atoms with Crippen LogP contribution in [0.4, 0.5) is 5.95 Å². The van der Waals surface area contributed by atoms with Crippen molar-refractivity contribution >= 4 is 5.95 Å². The average Bonchev–Trinajstić information content (AvgIpc) is 2.92. The van der Waals surface area contributed by atoms with Crippen LogP contribution in [0.1, 0.15) is 18.1 Å². The minimum absolute atomic E-state index is 0.479. The molecule has 3 rings (SSSR count). The van der Waals surface area contributed by atoms with Crippen molar-refractivity contribution in [2.45, 2.75) is 26.8 Å². The van der Waals surface area contributed by atoms with Crippen molar-refractivity contribution in [3.05, 3.63) is 29.3 Å². The molecule has 0 saturated carbocycles. The number of piperazine rings is 1. The number of H-pyrrole nitrogens is 1. The van der Waals surface area contributed by atoms with Gasteiger partial charge in [0.15, 0.2) is 5.82 Å². The summed E-state index contributed by atoms with van der Waals surface area (Å²) in [5.41, 5.74) is 3.66. The highest BCUT2D eigenvalue weighted by Gasteiger charge is 2.19. The predicted molar refractivity (Wildman–Crippen MR) is 81.0 cm³/mol. The summed E-state index contributed by atoms with van der Waals surface area (Å²) in [6.45, 7) is 9.30. The van der Waals surface area contributed by atoms with E-state index < -0.39 is 0 Å². The highest BCUT2D eigenvalue weighted by Crippen LogP contribution is 2.21. The van der Waals surface area contributed by atoms with Crippen molar-refractivity contribution in [2.24, 2.45) is 0 Å². The average molecular weight is 271 g/mol. The zero-order chi connectivity index (χ0) is 14.1. The van der Waals surface area contributed by atoms with Gasteiger partial charge in [0.05, 0.1) is 0 Å². The molecule has 2 heterocycles. The van der Waals surface area contributed by atoms with Crippen LogP contribution in [0.25, 0.3) is 11.4 Å². The Morgan fingerprint density at radius 2 is 2.10 bits per heavy atom. The van der Waals surface area contributed by atoms with Gasteiger partial charge in [0.25, 0.3) is 0 Å². The van der Waals surface area contributed by atoms with E-state index in [1.807, 2.05) is 0 Å². The van der Waals surface area contributed by atoms with Crippen LogP contribution in [0.5, 0.6) is 0 Å². The lowest BCUT2D eigenvalue weighted by atomic mass is 10.1. The molecular formula is C15H21N5. The zero-order valence-electron chi connectivity index (χ0n) is 12.3. The SMILES string of the molecule is Cc1ccc(-c2nc(N3CCN[C@@H](C)C3)n[nH]2)cc1C. The first-order valence-corrected chi connectivity index (χ1v) is 7.12. The van der Waals surface area contributed by atoms with Crippen molar-refractivity contribution in [3.8, 4) is 11.4 Å². The molecule has 5 heteroatoms. The molecule has 0 amide bonds. The lowest BCUT2D eigenvalue weighted by Crippen LogP contribution is -2.49. The Morgan fingerprint density at radius 3 is 2.85 bits per heavy atom. The smallest absolute Gasteiger partial charge is 0.245 e. The summed E-state index contributed by atoms with van der Waals surface area (Å²) < 4.78 is 0. The van der Waals surface area contributed by atoms with Crippen LogP contribution >= 0.6 is 0 Å². The van der Waals surface area contributed by atoms with E-state index in [0.29, 0.717) is 6.04 Å². The standard InChI is InChI=1S/C15H21N5/c1-10-4-5-13(8-11(10)2)14-17-15(19-18-14)20-7-6-16-12(3)9-20/h4-5,8,12,16H,6-7,9H2,1-3H3,(H,17,18,19)/t12-/m0/s1. The minimum Gasteiger partial charge on any atom is -0.337 e. The number of hydrogen-bond acceptors (Lipinski definition) is 4. The molecule has 0 unspecified atom stereocenters. The number of nitrogens with one attached hydrogen (secondary N) is 2. The molecule has 20 heavy (non-hydrogen) atoms. The third-order valence-corrected chi connectivity index (χ3v) is 3.91. The summed E-state index contributed by atoms with van der Waals surface area (Å²) in [6.07, 6.45) is 0. The van der Waals surface area contributed by atoms with Crippen LogP contribution < -0.4 is 10.2 Å². The summed E-state index contributed by atoms with van der Waals surface area (Å²) in [4.78, 5) is 6.87. The second-order valence-electron chi connectivity index (χ2n) is 5.58. The van der Waals surface area contributed by atoms with E-state index in [2.05, 4.69) is 64.4 Å². The van der Waals surface area contributed by atoms with Crippen LogP contribution in [-0.4, -0.2) is 40.9 Å². The zero-order valence-corrected chi connectivity index (χ0v) is 12.3. The number of hydrogen-bond donors (Lipinski definition) is 2. The third kappa shape index (κ3) is 2.54. The lowest BCUT2D eigenvalue weighted by molar-refractivity contribution is 0.480. The molecule has 1 saturated heterocycles. The molecule has 0 radical (unpaired) electrons. The number of aromatic amines is 1. The summed E-state index contributed by atoms with van der Waals surface area (Å²) in [5, 5.41) is 10.8. The molecule has 5 nitrogen and oxygen atoms in total. The molecule has 1 aliphatic heterocycles. The number of benzene rings is 1. The molecule has 1 atom stereocenters. The number of aromatic nitrogens is 3. The van der Waals surface area contributed by atoms with E-state index in [-0.39, 0.29) is 0 Å². The highest BCUT2D eigenvalue weighted by molar-refractivity contribution is 5.58. The third-order valence-electron chi connectivity index (χ3n) is 3.91. The van der Waals surface area contributed by atoms with E-state index in [1.165, 1.54) is 11.1 Å².